The Hall–Kier alpha value is -1.19. The van der Waals surface area contributed by atoms with E-state index in [9.17, 15) is 0 Å². The van der Waals surface area contributed by atoms with E-state index >= 15 is 0 Å². The smallest absolute Gasteiger partial charge is 0.123 e. The van der Waals surface area contributed by atoms with Crippen LogP contribution in [0.1, 0.15) is 17.0 Å². The third-order valence-corrected chi connectivity index (χ3v) is 4.72. The SMILES string of the molecule is CNCC1CCc2nc(-c3ccccc3)sc2C1. The van der Waals surface area contributed by atoms with Crippen LogP contribution in [-0.4, -0.2) is 18.6 Å². The molecule has 2 aromatic rings. The van der Waals surface area contributed by atoms with Gasteiger partial charge in [0.25, 0.3) is 0 Å². The van der Waals surface area contributed by atoms with Gasteiger partial charge in [-0.15, -0.1) is 11.3 Å². The summed E-state index contributed by atoms with van der Waals surface area (Å²) in [5.74, 6) is 0.784. The maximum Gasteiger partial charge on any atom is 0.123 e. The van der Waals surface area contributed by atoms with Crippen molar-refractivity contribution in [1.29, 1.82) is 0 Å². The summed E-state index contributed by atoms with van der Waals surface area (Å²) in [6, 6.07) is 10.5. The number of benzene rings is 1. The Kier molecular flexibility index (Phi) is 3.43. The molecule has 0 spiro atoms. The average molecular weight is 258 g/mol. The van der Waals surface area contributed by atoms with Crippen LogP contribution in [0.4, 0.5) is 0 Å². The van der Waals surface area contributed by atoms with Crippen LogP contribution in [0.2, 0.25) is 0 Å². The number of rotatable bonds is 3. The first kappa shape index (κ1) is 11.9. The molecule has 1 atom stereocenters. The van der Waals surface area contributed by atoms with Crippen molar-refractivity contribution in [1.82, 2.24) is 10.3 Å². The molecule has 1 aliphatic carbocycles. The van der Waals surface area contributed by atoms with Gasteiger partial charge in [-0.1, -0.05) is 30.3 Å². The summed E-state index contributed by atoms with van der Waals surface area (Å²) in [7, 11) is 2.04. The zero-order valence-electron chi connectivity index (χ0n) is 10.6. The molecule has 1 N–H and O–H groups in total. The summed E-state index contributed by atoms with van der Waals surface area (Å²) in [5, 5.41) is 4.48. The Labute approximate surface area is 112 Å². The number of hydrogen-bond acceptors (Lipinski definition) is 3. The fourth-order valence-electron chi connectivity index (χ4n) is 2.61. The molecule has 3 heteroatoms. The summed E-state index contributed by atoms with van der Waals surface area (Å²) in [6.45, 7) is 1.12. The van der Waals surface area contributed by atoms with Crippen LogP contribution in [0.25, 0.3) is 10.6 Å². The van der Waals surface area contributed by atoms with E-state index in [0.29, 0.717) is 0 Å². The Morgan fingerprint density at radius 3 is 2.94 bits per heavy atom. The highest BCUT2D eigenvalue weighted by Crippen LogP contribution is 2.34. The van der Waals surface area contributed by atoms with Crippen molar-refractivity contribution in [2.75, 3.05) is 13.6 Å². The van der Waals surface area contributed by atoms with Crippen LogP contribution < -0.4 is 5.32 Å². The van der Waals surface area contributed by atoms with E-state index in [1.807, 2.05) is 18.4 Å². The lowest BCUT2D eigenvalue weighted by Crippen LogP contribution is -2.24. The second-order valence-corrected chi connectivity index (χ2v) is 6.01. The van der Waals surface area contributed by atoms with Crippen molar-refractivity contribution < 1.29 is 0 Å². The number of nitrogens with zero attached hydrogens (tertiary/aromatic N) is 1. The van der Waals surface area contributed by atoms with E-state index in [1.165, 1.54) is 34.0 Å². The number of hydrogen-bond donors (Lipinski definition) is 1. The molecule has 1 aromatic carbocycles. The normalized spacial score (nSPS) is 18.6. The van der Waals surface area contributed by atoms with Crippen LogP contribution in [-0.2, 0) is 12.8 Å². The molecule has 1 aliphatic rings. The molecular formula is C15H18N2S. The molecule has 0 fully saturated rings. The van der Waals surface area contributed by atoms with Crippen molar-refractivity contribution in [2.24, 2.45) is 5.92 Å². The van der Waals surface area contributed by atoms with E-state index in [0.717, 1.165) is 18.9 Å². The first-order chi connectivity index (χ1) is 8.86. The standard InChI is InChI=1S/C15H18N2S/c1-16-10-11-7-8-13-14(9-11)18-15(17-13)12-5-3-2-4-6-12/h2-6,11,16H,7-10H2,1H3. The van der Waals surface area contributed by atoms with Gasteiger partial charge in [-0.25, -0.2) is 4.98 Å². The number of fused-ring (bicyclic) bond motifs is 1. The van der Waals surface area contributed by atoms with Gasteiger partial charge in [0, 0.05) is 10.4 Å². The van der Waals surface area contributed by atoms with Gasteiger partial charge in [-0.2, -0.15) is 0 Å². The topological polar surface area (TPSA) is 24.9 Å². The minimum atomic E-state index is 0.784. The van der Waals surface area contributed by atoms with Gasteiger partial charge in [0.15, 0.2) is 0 Å². The molecule has 1 unspecified atom stereocenters. The zero-order valence-corrected chi connectivity index (χ0v) is 11.5. The molecule has 3 rings (SSSR count). The summed E-state index contributed by atoms with van der Waals surface area (Å²) >= 11 is 1.88. The highest BCUT2D eigenvalue weighted by molar-refractivity contribution is 7.15. The van der Waals surface area contributed by atoms with Crippen molar-refractivity contribution in [3.05, 3.63) is 40.9 Å². The van der Waals surface area contributed by atoms with E-state index in [4.69, 9.17) is 4.98 Å². The molecule has 18 heavy (non-hydrogen) atoms. The largest absolute Gasteiger partial charge is 0.319 e. The highest BCUT2D eigenvalue weighted by Gasteiger charge is 2.22. The summed E-state index contributed by atoms with van der Waals surface area (Å²) < 4.78 is 0. The van der Waals surface area contributed by atoms with Crippen molar-refractivity contribution >= 4 is 11.3 Å². The highest BCUT2D eigenvalue weighted by atomic mass is 32.1. The maximum absolute atomic E-state index is 4.81. The monoisotopic (exact) mass is 258 g/mol. The predicted octanol–water partition coefficient (Wildman–Crippen LogP) is 3.13. The van der Waals surface area contributed by atoms with E-state index in [1.54, 1.807) is 0 Å². The molecule has 94 valence electrons. The molecule has 0 bridgehead atoms. The van der Waals surface area contributed by atoms with Crippen LogP contribution >= 0.6 is 11.3 Å². The molecule has 0 saturated carbocycles. The Bertz CT molecular complexity index is 519. The molecular weight excluding hydrogens is 240 g/mol. The zero-order chi connectivity index (χ0) is 12.4. The van der Waals surface area contributed by atoms with Gasteiger partial charge in [0.1, 0.15) is 5.01 Å². The molecule has 0 aliphatic heterocycles. The Morgan fingerprint density at radius 2 is 2.17 bits per heavy atom. The number of nitrogens with one attached hydrogen (secondary N) is 1. The molecule has 2 nitrogen and oxygen atoms in total. The minimum absolute atomic E-state index is 0.784. The van der Waals surface area contributed by atoms with E-state index < -0.39 is 0 Å². The van der Waals surface area contributed by atoms with Crippen LogP contribution in [0.15, 0.2) is 30.3 Å². The second kappa shape index (κ2) is 5.21. The third kappa shape index (κ3) is 2.33. The van der Waals surface area contributed by atoms with Gasteiger partial charge < -0.3 is 5.32 Å². The van der Waals surface area contributed by atoms with Gasteiger partial charge in [-0.3, -0.25) is 0 Å². The van der Waals surface area contributed by atoms with Crippen molar-refractivity contribution in [3.63, 3.8) is 0 Å². The predicted molar refractivity (Wildman–Crippen MR) is 77.0 cm³/mol. The Morgan fingerprint density at radius 1 is 1.33 bits per heavy atom. The molecule has 0 radical (unpaired) electrons. The van der Waals surface area contributed by atoms with Crippen LogP contribution in [0.5, 0.6) is 0 Å². The van der Waals surface area contributed by atoms with Crippen molar-refractivity contribution in [3.8, 4) is 10.6 Å². The number of aromatic nitrogens is 1. The van der Waals surface area contributed by atoms with Gasteiger partial charge >= 0.3 is 0 Å². The third-order valence-electron chi connectivity index (χ3n) is 3.56. The number of thiazole rings is 1. The lowest BCUT2D eigenvalue weighted by molar-refractivity contribution is 0.441. The minimum Gasteiger partial charge on any atom is -0.319 e. The average Bonchev–Trinajstić information content (AvgIpc) is 2.83. The van der Waals surface area contributed by atoms with Gasteiger partial charge in [-0.05, 0) is 38.8 Å². The van der Waals surface area contributed by atoms with Crippen molar-refractivity contribution in [2.45, 2.75) is 19.3 Å². The quantitative estimate of drug-likeness (QED) is 0.915. The molecule has 1 aromatic heterocycles. The maximum atomic E-state index is 4.81. The summed E-state index contributed by atoms with van der Waals surface area (Å²) in [4.78, 5) is 6.31. The van der Waals surface area contributed by atoms with Crippen LogP contribution in [0.3, 0.4) is 0 Å². The van der Waals surface area contributed by atoms with Gasteiger partial charge in [0.05, 0.1) is 5.69 Å². The lowest BCUT2D eigenvalue weighted by atomic mass is 9.91. The summed E-state index contributed by atoms with van der Waals surface area (Å²) in [5.41, 5.74) is 2.59. The first-order valence-electron chi connectivity index (χ1n) is 6.55. The summed E-state index contributed by atoms with van der Waals surface area (Å²) in [6.07, 6.45) is 3.61. The lowest BCUT2D eigenvalue weighted by Gasteiger charge is -2.20. The van der Waals surface area contributed by atoms with Crippen LogP contribution in [0, 0.1) is 5.92 Å². The molecule has 0 amide bonds. The fraction of sp³-hybridized carbons (Fsp3) is 0.400. The molecule has 1 heterocycles. The second-order valence-electron chi connectivity index (χ2n) is 4.92. The Balaban J connectivity index is 1.85. The molecule has 0 saturated heterocycles. The first-order valence-corrected chi connectivity index (χ1v) is 7.37. The van der Waals surface area contributed by atoms with Gasteiger partial charge in [0.2, 0.25) is 0 Å². The van der Waals surface area contributed by atoms with E-state index in [2.05, 4.69) is 35.6 Å². The van der Waals surface area contributed by atoms with E-state index in [-0.39, 0.29) is 0 Å². The number of aryl methyl sites for hydroxylation is 1. The fourth-order valence-corrected chi connectivity index (χ4v) is 3.84.